The zero-order valence-corrected chi connectivity index (χ0v) is 17.3. The molecule has 1 aromatic carbocycles. The van der Waals surface area contributed by atoms with Crippen molar-refractivity contribution in [2.24, 2.45) is 13.0 Å². The lowest BCUT2D eigenvalue weighted by atomic mass is 9.98. The van der Waals surface area contributed by atoms with Gasteiger partial charge in [0.05, 0.1) is 0 Å². The van der Waals surface area contributed by atoms with Crippen molar-refractivity contribution in [3.8, 4) is 11.4 Å². The minimum absolute atomic E-state index is 0.127. The molecule has 1 fully saturated rings. The number of hydrogen-bond acceptors (Lipinski definition) is 4. The molecule has 0 bridgehead atoms. The van der Waals surface area contributed by atoms with Crippen molar-refractivity contribution in [3.05, 3.63) is 51.9 Å². The van der Waals surface area contributed by atoms with Gasteiger partial charge in [0.1, 0.15) is 0 Å². The van der Waals surface area contributed by atoms with E-state index >= 15 is 0 Å². The topological polar surface area (TPSA) is 72.5 Å². The molecule has 29 heavy (non-hydrogen) atoms. The van der Waals surface area contributed by atoms with Crippen LogP contribution in [-0.2, 0) is 18.3 Å². The van der Waals surface area contributed by atoms with Gasteiger partial charge in [0.2, 0.25) is 11.7 Å². The van der Waals surface area contributed by atoms with Gasteiger partial charge in [0.15, 0.2) is 5.82 Å². The van der Waals surface area contributed by atoms with Crippen LogP contribution in [0.1, 0.15) is 37.4 Å². The van der Waals surface area contributed by atoms with Crippen LogP contribution >= 0.6 is 0 Å². The monoisotopic (exact) mass is 393 g/mol. The van der Waals surface area contributed by atoms with Crippen LogP contribution in [0.25, 0.3) is 17.2 Å². The Balaban J connectivity index is 1.61. The van der Waals surface area contributed by atoms with Gasteiger partial charge in [0.25, 0.3) is 5.56 Å². The van der Waals surface area contributed by atoms with Crippen LogP contribution < -0.4 is 5.56 Å². The normalized spacial score (nSPS) is 15.2. The van der Waals surface area contributed by atoms with Gasteiger partial charge in [-0.25, -0.2) is 0 Å². The fraction of sp³-hybridized carbons (Fsp3) is 0.455. The molecule has 3 heterocycles. The Kier molecular flexibility index (Phi) is 5.22. The van der Waals surface area contributed by atoms with Gasteiger partial charge in [-0.05, 0) is 32.1 Å². The average Bonchev–Trinajstić information content (AvgIpc) is 3.19. The van der Waals surface area contributed by atoms with E-state index in [1.807, 2.05) is 53.8 Å². The molecule has 0 saturated carbocycles. The fourth-order valence-corrected chi connectivity index (χ4v) is 3.94. The van der Waals surface area contributed by atoms with Crippen LogP contribution in [0.5, 0.6) is 0 Å². The van der Waals surface area contributed by atoms with Crippen molar-refractivity contribution in [2.45, 2.75) is 39.5 Å². The lowest BCUT2D eigenvalue weighted by Gasteiger charge is -2.30. The minimum atomic E-state index is -0.189. The van der Waals surface area contributed by atoms with Gasteiger partial charge < -0.3 is 9.47 Å². The van der Waals surface area contributed by atoms with E-state index < -0.39 is 0 Å². The molecule has 1 aliphatic heterocycles. The van der Waals surface area contributed by atoms with Crippen LogP contribution in [0.3, 0.4) is 0 Å². The summed E-state index contributed by atoms with van der Waals surface area (Å²) < 4.78 is 3.24. The number of aryl methyl sites for hydroxylation is 1. The molecule has 0 aliphatic carbocycles. The Labute approximate surface area is 170 Å². The van der Waals surface area contributed by atoms with Crippen LogP contribution in [0.4, 0.5) is 0 Å². The lowest BCUT2D eigenvalue weighted by Crippen LogP contribution is -2.38. The molecule has 1 aliphatic rings. The highest BCUT2D eigenvalue weighted by Crippen LogP contribution is 2.19. The summed E-state index contributed by atoms with van der Waals surface area (Å²) in [6, 6.07) is 9.61. The number of benzene rings is 1. The summed E-state index contributed by atoms with van der Waals surface area (Å²) >= 11 is 0. The molecule has 7 nitrogen and oxygen atoms in total. The average molecular weight is 393 g/mol. The number of piperidine rings is 1. The van der Waals surface area contributed by atoms with Gasteiger partial charge in [-0.3, -0.25) is 9.59 Å². The van der Waals surface area contributed by atoms with Crippen LogP contribution in [0.2, 0.25) is 0 Å². The van der Waals surface area contributed by atoms with Gasteiger partial charge in [-0.15, -0.1) is 5.10 Å². The summed E-state index contributed by atoms with van der Waals surface area (Å²) in [6.07, 6.45) is 2.87. The second-order valence-electron chi connectivity index (χ2n) is 8.00. The van der Waals surface area contributed by atoms with Crippen LogP contribution in [-0.4, -0.2) is 43.1 Å². The number of nitrogens with zero attached hydrogens (tertiary/aromatic N) is 5. The number of fused-ring (bicyclic) bond motifs is 1. The summed E-state index contributed by atoms with van der Waals surface area (Å²) in [5.74, 6) is 1.84. The summed E-state index contributed by atoms with van der Waals surface area (Å²) in [5.41, 5.74) is 2.13. The molecule has 0 unspecified atom stereocenters. The molecule has 0 N–H and O–H groups in total. The molecule has 0 spiro atoms. The molecule has 152 valence electrons. The third-order valence-corrected chi connectivity index (χ3v) is 6.04. The van der Waals surface area contributed by atoms with Crippen molar-refractivity contribution in [1.29, 1.82) is 0 Å². The second-order valence-corrected chi connectivity index (χ2v) is 8.00. The maximum absolute atomic E-state index is 13.1. The van der Waals surface area contributed by atoms with E-state index in [4.69, 9.17) is 0 Å². The molecule has 0 radical (unpaired) electrons. The summed E-state index contributed by atoms with van der Waals surface area (Å²) in [5, 5.41) is 4.45. The van der Waals surface area contributed by atoms with E-state index in [0.717, 1.165) is 37.2 Å². The Morgan fingerprint density at radius 3 is 2.55 bits per heavy atom. The fourth-order valence-electron chi connectivity index (χ4n) is 3.94. The van der Waals surface area contributed by atoms with Crippen molar-refractivity contribution < 1.29 is 4.79 Å². The van der Waals surface area contributed by atoms with E-state index in [-0.39, 0.29) is 11.5 Å². The molecule has 7 heteroatoms. The van der Waals surface area contributed by atoms with E-state index in [1.165, 1.54) is 4.52 Å². The highest BCUT2D eigenvalue weighted by Gasteiger charge is 2.22. The molecular weight excluding hydrogens is 366 g/mol. The third-order valence-electron chi connectivity index (χ3n) is 6.04. The molecule has 4 rings (SSSR count). The second kappa shape index (κ2) is 7.81. The number of amides is 1. The van der Waals surface area contributed by atoms with E-state index in [2.05, 4.69) is 17.0 Å². The number of rotatable bonds is 4. The van der Waals surface area contributed by atoms with E-state index in [1.54, 1.807) is 0 Å². The Morgan fingerprint density at radius 1 is 1.17 bits per heavy atom. The zero-order chi connectivity index (χ0) is 20.5. The Morgan fingerprint density at radius 2 is 1.86 bits per heavy atom. The highest BCUT2D eigenvalue weighted by molar-refractivity contribution is 5.76. The SMILES string of the molecule is Cc1c(CCC(=O)N2CCC(C)CC2)c(=O)n2nc(-c3ccccc3)nc2n1C. The van der Waals surface area contributed by atoms with Crippen molar-refractivity contribution in [2.75, 3.05) is 13.1 Å². The first-order valence-electron chi connectivity index (χ1n) is 10.2. The van der Waals surface area contributed by atoms with E-state index in [9.17, 15) is 9.59 Å². The largest absolute Gasteiger partial charge is 0.343 e. The Hall–Kier alpha value is -2.96. The molecule has 1 saturated heterocycles. The van der Waals surface area contributed by atoms with Gasteiger partial charge in [-0.1, -0.05) is 37.3 Å². The smallest absolute Gasteiger partial charge is 0.279 e. The maximum atomic E-state index is 13.1. The van der Waals surface area contributed by atoms with Crippen molar-refractivity contribution in [3.63, 3.8) is 0 Å². The molecule has 1 amide bonds. The van der Waals surface area contributed by atoms with Crippen LogP contribution in [0, 0.1) is 12.8 Å². The Bertz CT molecular complexity index is 1090. The van der Waals surface area contributed by atoms with Crippen molar-refractivity contribution in [1.82, 2.24) is 24.1 Å². The molecule has 3 aromatic rings. The van der Waals surface area contributed by atoms with Gasteiger partial charge >= 0.3 is 0 Å². The number of hydrogen-bond donors (Lipinski definition) is 0. The summed E-state index contributed by atoms with van der Waals surface area (Å²) in [6.45, 7) is 5.77. The maximum Gasteiger partial charge on any atom is 0.279 e. The highest BCUT2D eigenvalue weighted by atomic mass is 16.2. The summed E-state index contributed by atoms with van der Waals surface area (Å²) in [4.78, 5) is 32.2. The van der Waals surface area contributed by atoms with Crippen LogP contribution in [0.15, 0.2) is 35.1 Å². The third kappa shape index (κ3) is 3.69. The quantitative estimate of drug-likeness (QED) is 0.683. The minimum Gasteiger partial charge on any atom is -0.343 e. The first kappa shape index (κ1) is 19.4. The lowest BCUT2D eigenvalue weighted by molar-refractivity contribution is -0.132. The molecule has 0 atom stereocenters. The number of carbonyl (C=O) groups excluding carboxylic acids is 1. The first-order valence-corrected chi connectivity index (χ1v) is 10.2. The molecule has 2 aromatic heterocycles. The zero-order valence-electron chi connectivity index (χ0n) is 17.3. The standard InChI is InChI=1S/C22H27N5O2/c1-15-11-13-26(14-12-15)19(28)10-9-18-16(2)25(3)22-23-20(24-27(22)21(18)29)17-7-5-4-6-8-17/h4-8,15H,9-14H2,1-3H3. The predicted octanol–water partition coefficient (Wildman–Crippen LogP) is 2.59. The van der Waals surface area contributed by atoms with Crippen molar-refractivity contribution >= 4 is 11.7 Å². The first-order chi connectivity index (χ1) is 14.0. The number of aromatic nitrogens is 4. The van der Waals surface area contributed by atoms with Gasteiger partial charge in [-0.2, -0.15) is 9.50 Å². The van der Waals surface area contributed by atoms with E-state index in [0.29, 0.717) is 35.9 Å². The number of carbonyl (C=O) groups is 1. The number of likely N-dealkylation sites (tertiary alicyclic amines) is 1. The van der Waals surface area contributed by atoms with Gasteiger partial charge in [0, 0.05) is 43.4 Å². The summed E-state index contributed by atoms with van der Waals surface area (Å²) in [7, 11) is 1.88. The predicted molar refractivity (Wildman–Crippen MR) is 112 cm³/mol. The molecular formula is C22H27N5O2.